The number of hydrogen-bond acceptors (Lipinski definition) is 2. The number of rotatable bonds is 2. The Balaban J connectivity index is 2.62. The molecule has 83 valence electrons. The zero-order chi connectivity index (χ0) is 11.6. The predicted molar refractivity (Wildman–Crippen MR) is 63.8 cm³/mol. The normalized spacial score (nSPS) is 24.6. The van der Waals surface area contributed by atoms with Gasteiger partial charge in [0.15, 0.2) is 0 Å². The van der Waals surface area contributed by atoms with E-state index in [9.17, 15) is 8.42 Å². The van der Waals surface area contributed by atoms with E-state index >= 15 is 0 Å². The Kier molecular flexibility index (Phi) is 2.69. The van der Waals surface area contributed by atoms with E-state index in [1.807, 2.05) is 6.07 Å². The first-order chi connectivity index (χ1) is 7.56. The molecule has 2 rings (SSSR count). The van der Waals surface area contributed by atoms with E-state index < -0.39 is 14.8 Å². The summed E-state index contributed by atoms with van der Waals surface area (Å²) in [5.41, 5.74) is 0.651. The molecule has 1 aliphatic rings. The van der Waals surface area contributed by atoms with Crippen molar-refractivity contribution in [1.29, 1.82) is 0 Å². The van der Waals surface area contributed by atoms with Crippen LogP contribution in [0.25, 0.3) is 0 Å². The van der Waals surface area contributed by atoms with E-state index in [0.29, 0.717) is 5.56 Å². The quantitative estimate of drug-likeness (QED) is 0.843. The van der Waals surface area contributed by atoms with Crippen LogP contribution >= 0.6 is 0 Å². The Morgan fingerprint density at radius 3 is 2.19 bits per heavy atom. The molecule has 0 saturated carbocycles. The SMILES string of the molecule is NS(=O)(=O)C1(c2ccccc2)[CH]C=CC=C1. The summed E-state index contributed by atoms with van der Waals surface area (Å²) in [5, 5.41) is 5.33. The first kappa shape index (κ1) is 11.1. The molecule has 1 aromatic rings. The Morgan fingerprint density at radius 2 is 1.69 bits per heavy atom. The molecular formula is C12H12NO2S. The molecule has 0 bridgehead atoms. The van der Waals surface area contributed by atoms with E-state index in [-0.39, 0.29) is 0 Å². The fourth-order valence-corrected chi connectivity index (χ4v) is 2.76. The highest BCUT2D eigenvalue weighted by atomic mass is 32.2. The lowest BCUT2D eigenvalue weighted by Crippen LogP contribution is -2.39. The minimum absolute atomic E-state index is 0.651. The Labute approximate surface area is 95.3 Å². The minimum atomic E-state index is -3.73. The molecule has 0 fully saturated rings. The molecule has 16 heavy (non-hydrogen) atoms. The van der Waals surface area contributed by atoms with Crippen LogP contribution in [0.2, 0.25) is 0 Å². The molecule has 0 amide bonds. The topological polar surface area (TPSA) is 60.2 Å². The van der Waals surface area contributed by atoms with E-state index in [2.05, 4.69) is 0 Å². The van der Waals surface area contributed by atoms with Gasteiger partial charge in [0.25, 0.3) is 0 Å². The largest absolute Gasteiger partial charge is 0.228 e. The molecule has 0 saturated heterocycles. The number of nitrogens with two attached hydrogens (primary N) is 1. The lowest BCUT2D eigenvalue weighted by molar-refractivity contribution is 0.575. The summed E-state index contributed by atoms with van der Waals surface area (Å²) in [6.07, 6.45) is 8.34. The van der Waals surface area contributed by atoms with Gasteiger partial charge < -0.3 is 0 Å². The van der Waals surface area contributed by atoms with Gasteiger partial charge in [0.2, 0.25) is 10.0 Å². The van der Waals surface area contributed by atoms with Crippen LogP contribution in [0.15, 0.2) is 54.6 Å². The average molecular weight is 234 g/mol. The molecule has 0 spiro atoms. The van der Waals surface area contributed by atoms with Gasteiger partial charge in [-0.1, -0.05) is 54.6 Å². The van der Waals surface area contributed by atoms with Crippen molar-refractivity contribution in [2.75, 3.05) is 0 Å². The molecule has 1 unspecified atom stereocenters. The van der Waals surface area contributed by atoms with E-state index in [0.717, 1.165) is 0 Å². The standard InChI is InChI=1S/C12H12NO2S/c13-16(14,15)12(9-5-2-6-10-12)11-7-3-1-4-8-11/h1-10H,(H2,13,14,15). The molecule has 0 aliphatic heterocycles. The second-order valence-corrected chi connectivity index (χ2v) is 5.38. The van der Waals surface area contributed by atoms with Gasteiger partial charge >= 0.3 is 0 Å². The molecule has 0 aromatic heterocycles. The van der Waals surface area contributed by atoms with Crippen molar-refractivity contribution in [2.45, 2.75) is 4.75 Å². The molecular weight excluding hydrogens is 222 g/mol. The summed E-state index contributed by atoms with van der Waals surface area (Å²) in [5.74, 6) is 0. The van der Waals surface area contributed by atoms with Gasteiger partial charge in [-0.15, -0.1) is 0 Å². The summed E-state index contributed by atoms with van der Waals surface area (Å²) < 4.78 is 22.3. The van der Waals surface area contributed by atoms with Gasteiger partial charge in [0, 0.05) is 6.42 Å². The van der Waals surface area contributed by atoms with Crippen LogP contribution in [0.1, 0.15) is 5.56 Å². The van der Waals surface area contributed by atoms with Crippen molar-refractivity contribution >= 4 is 10.0 Å². The van der Waals surface area contributed by atoms with Crippen LogP contribution in [0.5, 0.6) is 0 Å². The molecule has 0 heterocycles. The molecule has 4 heteroatoms. The fraction of sp³-hybridized carbons (Fsp3) is 0.0833. The fourth-order valence-electron chi connectivity index (χ4n) is 1.76. The van der Waals surface area contributed by atoms with E-state index in [4.69, 9.17) is 5.14 Å². The van der Waals surface area contributed by atoms with Gasteiger partial charge in [-0.3, -0.25) is 0 Å². The van der Waals surface area contributed by atoms with Crippen molar-refractivity contribution < 1.29 is 8.42 Å². The number of benzene rings is 1. The maximum atomic E-state index is 11.8. The van der Waals surface area contributed by atoms with Crippen LogP contribution in [-0.2, 0) is 14.8 Å². The summed E-state index contributed by atoms with van der Waals surface area (Å²) in [6.45, 7) is 0. The van der Waals surface area contributed by atoms with Crippen molar-refractivity contribution in [1.82, 2.24) is 0 Å². The smallest absolute Gasteiger partial charge is 0.223 e. The summed E-state index contributed by atoms with van der Waals surface area (Å²) in [6, 6.07) is 8.93. The van der Waals surface area contributed by atoms with Crippen molar-refractivity contribution in [3.05, 3.63) is 66.6 Å². The summed E-state index contributed by atoms with van der Waals surface area (Å²) >= 11 is 0. The number of hydrogen-bond donors (Lipinski definition) is 1. The predicted octanol–water partition coefficient (Wildman–Crippen LogP) is 1.50. The molecule has 1 aliphatic carbocycles. The number of primary sulfonamides is 1. The Bertz CT molecular complexity index is 531. The highest BCUT2D eigenvalue weighted by Gasteiger charge is 2.40. The van der Waals surface area contributed by atoms with E-state index in [1.165, 1.54) is 0 Å². The minimum Gasteiger partial charge on any atom is -0.228 e. The first-order valence-corrected chi connectivity index (χ1v) is 6.39. The van der Waals surface area contributed by atoms with Crippen LogP contribution in [0.3, 0.4) is 0 Å². The second kappa shape index (κ2) is 3.88. The average Bonchev–Trinajstić information content (AvgIpc) is 2.30. The van der Waals surface area contributed by atoms with Crippen molar-refractivity contribution in [2.24, 2.45) is 5.14 Å². The molecule has 1 aromatic carbocycles. The second-order valence-electron chi connectivity index (χ2n) is 3.61. The van der Waals surface area contributed by atoms with Gasteiger partial charge in [0.05, 0.1) is 0 Å². The third kappa shape index (κ3) is 1.70. The third-order valence-electron chi connectivity index (χ3n) is 2.61. The third-order valence-corrected chi connectivity index (χ3v) is 4.06. The van der Waals surface area contributed by atoms with Crippen LogP contribution in [0.4, 0.5) is 0 Å². The van der Waals surface area contributed by atoms with Crippen molar-refractivity contribution in [3.8, 4) is 0 Å². The maximum Gasteiger partial charge on any atom is 0.223 e. The molecule has 1 atom stereocenters. The lowest BCUT2D eigenvalue weighted by Gasteiger charge is -2.28. The first-order valence-electron chi connectivity index (χ1n) is 4.84. The lowest BCUT2D eigenvalue weighted by atomic mass is 9.91. The molecule has 1 radical (unpaired) electrons. The van der Waals surface area contributed by atoms with Crippen LogP contribution < -0.4 is 5.14 Å². The van der Waals surface area contributed by atoms with Crippen LogP contribution in [-0.4, -0.2) is 8.42 Å². The zero-order valence-corrected chi connectivity index (χ0v) is 9.39. The maximum absolute atomic E-state index is 11.8. The van der Waals surface area contributed by atoms with Gasteiger partial charge in [-0.25, -0.2) is 13.6 Å². The summed E-state index contributed by atoms with van der Waals surface area (Å²) in [4.78, 5) is 0. The summed E-state index contributed by atoms with van der Waals surface area (Å²) in [7, 11) is -3.73. The Morgan fingerprint density at radius 1 is 1.00 bits per heavy atom. The van der Waals surface area contributed by atoms with Gasteiger partial charge in [-0.2, -0.15) is 0 Å². The highest BCUT2D eigenvalue weighted by Crippen LogP contribution is 2.35. The van der Waals surface area contributed by atoms with Gasteiger partial charge in [0.1, 0.15) is 4.75 Å². The van der Waals surface area contributed by atoms with Crippen LogP contribution in [0, 0.1) is 6.42 Å². The highest BCUT2D eigenvalue weighted by molar-refractivity contribution is 7.90. The number of allylic oxidation sites excluding steroid dienone is 3. The monoisotopic (exact) mass is 234 g/mol. The Hall–Kier alpha value is -1.39. The van der Waals surface area contributed by atoms with Gasteiger partial charge in [-0.05, 0) is 5.56 Å². The number of sulfonamides is 1. The molecule has 2 N–H and O–H groups in total. The van der Waals surface area contributed by atoms with Crippen molar-refractivity contribution in [3.63, 3.8) is 0 Å². The zero-order valence-electron chi connectivity index (χ0n) is 8.58. The molecule has 3 nitrogen and oxygen atoms in total. The van der Waals surface area contributed by atoms with E-state index in [1.54, 1.807) is 55.0 Å².